The van der Waals surface area contributed by atoms with Crippen molar-refractivity contribution in [3.8, 4) is 0 Å². The van der Waals surface area contributed by atoms with E-state index in [1.54, 1.807) is 6.07 Å². The van der Waals surface area contributed by atoms with E-state index < -0.39 is 11.9 Å². The molecule has 0 aromatic heterocycles. The highest BCUT2D eigenvalue weighted by Crippen LogP contribution is 2.23. The van der Waals surface area contributed by atoms with Gasteiger partial charge in [0.1, 0.15) is 0 Å². The van der Waals surface area contributed by atoms with Gasteiger partial charge in [-0.2, -0.15) is 0 Å². The first-order valence-electron chi connectivity index (χ1n) is 8.64. The standard InChI is InChI=1S/C21H24O5/c1-4-14-6-5-7-15(19(14)12-26-13(2)3)10-16-8-9-17(20(22)23)11-18(16)21(24)25/h5-9,11,13H,4,10,12H2,1-3H3,(H,22,23)(H,24,25). The molecule has 2 N–H and O–H groups in total. The molecule has 5 heteroatoms. The van der Waals surface area contributed by atoms with Crippen LogP contribution < -0.4 is 0 Å². The molecule has 0 amide bonds. The van der Waals surface area contributed by atoms with Gasteiger partial charge in [0, 0.05) is 0 Å². The highest BCUT2D eigenvalue weighted by atomic mass is 16.5. The number of rotatable bonds is 8. The molecule has 2 aromatic rings. The van der Waals surface area contributed by atoms with Crippen LogP contribution in [0.15, 0.2) is 36.4 Å². The van der Waals surface area contributed by atoms with E-state index >= 15 is 0 Å². The Morgan fingerprint density at radius 2 is 1.69 bits per heavy atom. The summed E-state index contributed by atoms with van der Waals surface area (Å²) in [7, 11) is 0. The van der Waals surface area contributed by atoms with E-state index in [0.29, 0.717) is 18.6 Å². The lowest BCUT2D eigenvalue weighted by Crippen LogP contribution is -2.10. The van der Waals surface area contributed by atoms with Gasteiger partial charge in [-0.25, -0.2) is 9.59 Å². The molecule has 0 aliphatic heterocycles. The van der Waals surface area contributed by atoms with Crippen molar-refractivity contribution >= 4 is 11.9 Å². The fraction of sp³-hybridized carbons (Fsp3) is 0.333. The fourth-order valence-corrected chi connectivity index (χ4v) is 2.89. The minimum Gasteiger partial charge on any atom is -0.478 e. The lowest BCUT2D eigenvalue weighted by molar-refractivity contribution is 0.0649. The largest absolute Gasteiger partial charge is 0.478 e. The van der Waals surface area contributed by atoms with Crippen molar-refractivity contribution in [2.75, 3.05) is 0 Å². The summed E-state index contributed by atoms with van der Waals surface area (Å²) in [5, 5.41) is 18.6. The number of aryl methyl sites for hydroxylation is 1. The van der Waals surface area contributed by atoms with E-state index in [2.05, 4.69) is 6.92 Å². The Morgan fingerprint density at radius 1 is 1.00 bits per heavy atom. The second kappa shape index (κ2) is 8.63. The number of aromatic carboxylic acids is 2. The Kier molecular flexibility index (Phi) is 6.52. The second-order valence-electron chi connectivity index (χ2n) is 6.43. The Hall–Kier alpha value is -2.66. The van der Waals surface area contributed by atoms with Gasteiger partial charge in [-0.15, -0.1) is 0 Å². The summed E-state index contributed by atoms with van der Waals surface area (Å²) in [5.74, 6) is -2.27. The second-order valence-corrected chi connectivity index (χ2v) is 6.43. The molecule has 0 saturated carbocycles. The van der Waals surface area contributed by atoms with Crippen molar-refractivity contribution in [3.63, 3.8) is 0 Å². The van der Waals surface area contributed by atoms with Crippen LogP contribution in [0.3, 0.4) is 0 Å². The molecule has 138 valence electrons. The third-order valence-electron chi connectivity index (χ3n) is 4.28. The van der Waals surface area contributed by atoms with Crippen LogP contribution >= 0.6 is 0 Å². The number of hydrogen-bond donors (Lipinski definition) is 2. The van der Waals surface area contributed by atoms with Gasteiger partial charge in [0.05, 0.1) is 23.8 Å². The molecule has 0 unspecified atom stereocenters. The maximum Gasteiger partial charge on any atom is 0.336 e. The maximum atomic E-state index is 11.6. The van der Waals surface area contributed by atoms with E-state index in [9.17, 15) is 14.7 Å². The molecule has 0 saturated heterocycles. The predicted molar refractivity (Wildman–Crippen MR) is 98.9 cm³/mol. The van der Waals surface area contributed by atoms with E-state index in [1.165, 1.54) is 17.7 Å². The first kappa shape index (κ1) is 19.7. The quantitative estimate of drug-likeness (QED) is 0.742. The van der Waals surface area contributed by atoms with Crippen LogP contribution in [-0.2, 0) is 24.2 Å². The van der Waals surface area contributed by atoms with Crippen LogP contribution in [0.2, 0.25) is 0 Å². The molecule has 0 aliphatic carbocycles. The molecular weight excluding hydrogens is 332 g/mol. The minimum absolute atomic E-state index is 0.0162. The Balaban J connectivity index is 2.44. The molecule has 0 heterocycles. The van der Waals surface area contributed by atoms with Crippen LogP contribution in [0.5, 0.6) is 0 Å². The zero-order chi connectivity index (χ0) is 19.3. The summed E-state index contributed by atoms with van der Waals surface area (Å²) in [6.45, 7) is 6.48. The van der Waals surface area contributed by atoms with Crippen molar-refractivity contribution in [1.82, 2.24) is 0 Å². The smallest absolute Gasteiger partial charge is 0.336 e. The highest BCUT2D eigenvalue weighted by Gasteiger charge is 2.16. The molecule has 0 bridgehead atoms. The molecule has 5 nitrogen and oxygen atoms in total. The van der Waals surface area contributed by atoms with Gasteiger partial charge in [-0.05, 0) is 61.1 Å². The summed E-state index contributed by atoms with van der Waals surface area (Å²) in [6.07, 6.45) is 1.36. The zero-order valence-corrected chi connectivity index (χ0v) is 15.3. The molecule has 0 radical (unpaired) electrons. The van der Waals surface area contributed by atoms with Crippen LogP contribution in [-0.4, -0.2) is 28.3 Å². The van der Waals surface area contributed by atoms with Crippen LogP contribution in [0.4, 0.5) is 0 Å². The van der Waals surface area contributed by atoms with Crippen molar-refractivity contribution in [2.24, 2.45) is 0 Å². The predicted octanol–water partition coefficient (Wildman–Crippen LogP) is 4.16. The first-order valence-corrected chi connectivity index (χ1v) is 8.64. The normalized spacial score (nSPS) is 10.9. The van der Waals surface area contributed by atoms with Gasteiger partial charge >= 0.3 is 11.9 Å². The van der Waals surface area contributed by atoms with Gasteiger partial charge in [0.15, 0.2) is 0 Å². The molecule has 2 rings (SSSR count). The van der Waals surface area contributed by atoms with Crippen molar-refractivity contribution < 1.29 is 24.5 Å². The minimum atomic E-state index is -1.14. The van der Waals surface area contributed by atoms with Gasteiger partial charge in [-0.3, -0.25) is 0 Å². The summed E-state index contributed by atoms with van der Waals surface area (Å²) in [4.78, 5) is 22.7. The average Bonchev–Trinajstić information content (AvgIpc) is 2.60. The Bertz CT molecular complexity index is 808. The maximum absolute atomic E-state index is 11.6. The Labute approximate surface area is 153 Å². The van der Waals surface area contributed by atoms with Gasteiger partial charge < -0.3 is 14.9 Å². The van der Waals surface area contributed by atoms with Gasteiger partial charge in [0.2, 0.25) is 0 Å². The Morgan fingerprint density at radius 3 is 2.27 bits per heavy atom. The fourth-order valence-electron chi connectivity index (χ4n) is 2.89. The number of carboxylic acid groups (broad SMARTS) is 2. The number of benzene rings is 2. The first-order chi connectivity index (χ1) is 12.3. The van der Waals surface area contributed by atoms with E-state index in [0.717, 1.165) is 17.5 Å². The molecule has 0 atom stereocenters. The summed E-state index contributed by atoms with van der Waals surface area (Å²) in [6, 6.07) is 10.2. The SMILES string of the molecule is CCc1cccc(Cc2ccc(C(=O)O)cc2C(=O)O)c1COC(C)C. The van der Waals surface area contributed by atoms with Crippen molar-refractivity contribution in [2.45, 2.75) is 46.3 Å². The number of hydrogen-bond acceptors (Lipinski definition) is 3. The van der Waals surface area contributed by atoms with E-state index in [1.807, 2.05) is 32.0 Å². The van der Waals surface area contributed by atoms with E-state index in [-0.39, 0.29) is 17.2 Å². The number of carbonyl (C=O) groups is 2. The lowest BCUT2D eigenvalue weighted by atomic mass is 9.92. The summed E-state index contributed by atoms with van der Waals surface area (Å²) in [5.41, 5.74) is 3.81. The van der Waals surface area contributed by atoms with Crippen LogP contribution in [0, 0.1) is 0 Å². The molecule has 0 aliphatic rings. The highest BCUT2D eigenvalue weighted by molar-refractivity contribution is 5.95. The number of carboxylic acids is 2. The average molecular weight is 356 g/mol. The third kappa shape index (κ3) is 4.70. The lowest BCUT2D eigenvalue weighted by Gasteiger charge is -2.17. The molecule has 0 fully saturated rings. The van der Waals surface area contributed by atoms with Crippen LogP contribution in [0.1, 0.15) is 63.7 Å². The van der Waals surface area contributed by atoms with Gasteiger partial charge in [0.25, 0.3) is 0 Å². The summed E-state index contributed by atoms with van der Waals surface area (Å²) >= 11 is 0. The van der Waals surface area contributed by atoms with Crippen molar-refractivity contribution in [3.05, 3.63) is 69.8 Å². The third-order valence-corrected chi connectivity index (χ3v) is 4.28. The van der Waals surface area contributed by atoms with Crippen molar-refractivity contribution in [1.29, 1.82) is 0 Å². The molecule has 0 spiro atoms. The molecule has 26 heavy (non-hydrogen) atoms. The monoisotopic (exact) mass is 356 g/mol. The van der Waals surface area contributed by atoms with E-state index in [4.69, 9.17) is 9.84 Å². The summed E-state index contributed by atoms with van der Waals surface area (Å²) < 4.78 is 5.78. The topological polar surface area (TPSA) is 83.8 Å². The molecular formula is C21H24O5. The number of ether oxygens (including phenoxy) is 1. The van der Waals surface area contributed by atoms with Gasteiger partial charge in [-0.1, -0.05) is 31.2 Å². The molecule has 2 aromatic carbocycles. The van der Waals surface area contributed by atoms with Crippen LogP contribution in [0.25, 0.3) is 0 Å². The zero-order valence-electron chi connectivity index (χ0n) is 15.3.